The minimum atomic E-state index is -0.571. The Bertz CT molecular complexity index is 1070. The van der Waals surface area contributed by atoms with Gasteiger partial charge in [-0.1, -0.05) is 26.0 Å². The second-order valence-electron chi connectivity index (χ2n) is 10.6. The zero-order valence-electron chi connectivity index (χ0n) is 22.4. The van der Waals surface area contributed by atoms with Gasteiger partial charge in [0.05, 0.1) is 11.7 Å². The third-order valence-corrected chi connectivity index (χ3v) is 6.34. The quantitative estimate of drug-likeness (QED) is 0.508. The van der Waals surface area contributed by atoms with Gasteiger partial charge in [-0.3, -0.25) is 4.79 Å². The Morgan fingerprint density at radius 3 is 2.36 bits per heavy atom. The van der Waals surface area contributed by atoms with Crippen LogP contribution in [0.1, 0.15) is 52.5 Å². The summed E-state index contributed by atoms with van der Waals surface area (Å²) in [5.41, 5.74) is 1.52. The lowest BCUT2D eigenvalue weighted by molar-refractivity contribution is -0.120. The van der Waals surface area contributed by atoms with Crippen LogP contribution < -0.4 is 14.5 Å². The topological polar surface area (TPSA) is 62.3 Å². The van der Waals surface area contributed by atoms with Crippen LogP contribution in [-0.2, 0) is 9.53 Å². The number of amides is 2. The number of carbonyl (C=O) groups is 2. The van der Waals surface area contributed by atoms with E-state index in [1.165, 1.54) is 16.5 Å². The largest absolute Gasteiger partial charge is 0.484 e. The van der Waals surface area contributed by atoms with E-state index in [0.717, 1.165) is 0 Å². The first-order valence-corrected chi connectivity index (χ1v) is 12.4. The van der Waals surface area contributed by atoms with Crippen molar-refractivity contribution in [3.63, 3.8) is 0 Å². The van der Waals surface area contributed by atoms with Crippen LogP contribution in [0.5, 0.6) is 5.75 Å². The molecule has 3 rings (SSSR count). The number of hydrogen-bond acceptors (Lipinski definition) is 5. The lowest BCUT2D eigenvalue weighted by Crippen LogP contribution is -2.42. The van der Waals surface area contributed by atoms with Gasteiger partial charge in [-0.05, 0) is 69.0 Å². The van der Waals surface area contributed by atoms with Crippen LogP contribution in [0.15, 0.2) is 42.5 Å². The van der Waals surface area contributed by atoms with Crippen molar-refractivity contribution in [3.8, 4) is 5.75 Å². The average Bonchev–Trinajstić information content (AvgIpc) is 3.30. The Morgan fingerprint density at radius 2 is 1.78 bits per heavy atom. The SMILES string of the molecule is CC(C)c1ccc(OCC(=O)N(C)c2ccc(N3CCC(N(C)C(=O)OC(C)(C)C)C3)c(F)c2)cc1. The molecule has 0 saturated carbocycles. The number of halogens is 1. The van der Waals surface area contributed by atoms with E-state index in [1.807, 2.05) is 49.9 Å². The lowest BCUT2D eigenvalue weighted by atomic mass is 10.0. The van der Waals surface area contributed by atoms with Crippen LogP contribution in [0.3, 0.4) is 0 Å². The molecule has 0 N–H and O–H groups in total. The van der Waals surface area contributed by atoms with Gasteiger partial charge in [0.25, 0.3) is 5.91 Å². The molecule has 2 aromatic carbocycles. The van der Waals surface area contributed by atoms with E-state index in [-0.39, 0.29) is 24.6 Å². The second-order valence-corrected chi connectivity index (χ2v) is 10.6. The molecule has 1 aliphatic heterocycles. The van der Waals surface area contributed by atoms with Crippen LogP contribution in [-0.4, -0.2) is 62.3 Å². The number of rotatable bonds is 7. The fourth-order valence-electron chi connectivity index (χ4n) is 4.06. The predicted molar refractivity (Wildman–Crippen MR) is 140 cm³/mol. The van der Waals surface area contributed by atoms with Crippen molar-refractivity contribution in [3.05, 3.63) is 53.8 Å². The third-order valence-electron chi connectivity index (χ3n) is 6.34. The Morgan fingerprint density at radius 1 is 1.11 bits per heavy atom. The van der Waals surface area contributed by atoms with Gasteiger partial charge in [0.15, 0.2) is 6.61 Å². The highest BCUT2D eigenvalue weighted by Crippen LogP contribution is 2.29. The molecular formula is C28H38FN3O4. The van der Waals surface area contributed by atoms with Gasteiger partial charge in [0.1, 0.15) is 17.2 Å². The summed E-state index contributed by atoms with van der Waals surface area (Å²) < 4.78 is 26.2. The average molecular weight is 500 g/mol. The number of ether oxygens (including phenoxy) is 2. The molecule has 0 spiro atoms. The summed E-state index contributed by atoms with van der Waals surface area (Å²) >= 11 is 0. The van der Waals surface area contributed by atoms with E-state index in [2.05, 4.69) is 13.8 Å². The normalized spacial score (nSPS) is 15.7. The van der Waals surface area contributed by atoms with Crippen LogP contribution in [0.4, 0.5) is 20.6 Å². The second kappa shape index (κ2) is 11.2. The summed E-state index contributed by atoms with van der Waals surface area (Å²) in [5.74, 6) is 0.331. The van der Waals surface area contributed by atoms with E-state index in [1.54, 1.807) is 31.1 Å². The molecule has 2 amide bonds. The summed E-state index contributed by atoms with van der Waals surface area (Å²) in [6.45, 7) is 10.7. The van der Waals surface area contributed by atoms with E-state index in [9.17, 15) is 9.59 Å². The zero-order valence-corrected chi connectivity index (χ0v) is 22.4. The van der Waals surface area contributed by atoms with Crippen LogP contribution in [0.25, 0.3) is 0 Å². The van der Waals surface area contributed by atoms with Gasteiger partial charge in [-0.15, -0.1) is 0 Å². The molecule has 0 aliphatic carbocycles. The molecule has 1 fully saturated rings. The van der Waals surface area contributed by atoms with E-state index >= 15 is 4.39 Å². The summed E-state index contributed by atoms with van der Waals surface area (Å²) in [4.78, 5) is 29.9. The minimum absolute atomic E-state index is 0.0741. The van der Waals surface area contributed by atoms with E-state index in [4.69, 9.17) is 9.47 Å². The van der Waals surface area contributed by atoms with Gasteiger partial charge < -0.3 is 24.2 Å². The lowest BCUT2D eigenvalue weighted by Gasteiger charge is -2.29. The molecule has 8 heteroatoms. The maximum Gasteiger partial charge on any atom is 0.410 e. The van der Waals surface area contributed by atoms with E-state index in [0.29, 0.717) is 42.6 Å². The zero-order chi connectivity index (χ0) is 26.6. The highest BCUT2D eigenvalue weighted by Gasteiger charge is 2.32. The van der Waals surface area contributed by atoms with Crippen LogP contribution in [0.2, 0.25) is 0 Å². The first-order chi connectivity index (χ1) is 16.9. The Kier molecular flexibility index (Phi) is 8.48. The Labute approximate surface area is 213 Å². The van der Waals surface area contributed by atoms with Gasteiger partial charge in [-0.2, -0.15) is 0 Å². The number of hydrogen-bond donors (Lipinski definition) is 0. The highest BCUT2D eigenvalue weighted by molar-refractivity contribution is 5.94. The first-order valence-electron chi connectivity index (χ1n) is 12.4. The van der Waals surface area contributed by atoms with Crippen molar-refractivity contribution in [2.45, 2.75) is 58.6 Å². The standard InChI is InChI=1S/C28H38FN3O4/c1-19(2)20-8-11-23(12-9-20)35-18-26(33)30(6)21-10-13-25(24(29)16-21)32-15-14-22(17-32)31(7)27(34)36-28(3,4)5/h8-13,16,19,22H,14-15,17-18H2,1-7H3. The molecule has 0 aromatic heterocycles. The minimum Gasteiger partial charge on any atom is -0.484 e. The fourth-order valence-corrected chi connectivity index (χ4v) is 4.06. The summed E-state index contributed by atoms with van der Waals surface area (Å²) in [7, 11) is 3.31. The fraction of sp³-hybridized carbons (Fsp3) is 0.500. The third kappa shape index (κ3) is 6.89. The summed E-state index contributed by atoms with van der Waals surface area (Å²) in [5, 5.41) is 0. The smallest absolute Gasteiger partial charge is 0.410 e. The molecule has 7 nitrogen and oxygen atoms in total. The number of anilines is 2. The van der Waals surface area contributed by atoms with Crippen molar-refractivity contribution in [1.82, 2.24) is 4.90 Å². The molecular weight excluding hydrogens is 461 g/mol. The molecule has 0 bridgehead atoms. The molecule has 1 aliphatic rings. The molecule has 196 valence electrons. The Hall–Kier alpha value is -3.29. The monoisotopic (exact) mass is 499 g/mol. The molecule has 1 saturated heterocycles. The predicted octanol–water partition coefficient (Wildman–Crippen LogP) is 5.44. The molecule has 2 aromatic rings. The number of likely N-dealkylation sites (N-methyl/N-ethyl adjacent to an activating group) is 2. The maximum atomic E-state index is 15.1. The molecule has 1 unspecified atom stereocenters. The molecule has 0 radical (unpaired) electrons. The van der Waals surface area contributed by atoms with Crippen molar-refractivity contribution in [2.24, 2.45) is 0 Å². The van der Waals surface area contributed by atoms with Crippen molar-refractivity contribution in [2.75, 3.05) is 43.6 Å². The summed E-state index contributed by atoms with van der Waals surface area (Å²) in [6, 6.07) is 12.3. The van der Waals surface area contributed by atoms with Gasteiger partial charge >= 0.3 is 6.09 Å². The van der Waals surface area contributed by atoms with Crippen molar-refractivity contribution < 1.29 is 23.5 Å². The maximum absolute atomic E-state index is 15.1. The highest BCUT2D eigenvalue weighted by atomic mass is 19.1. The van der Waals surface area contributed by atoms with E-state index < -0.39 is 11.4 Å². The number of nitrogens with zero attached hydrogens (tertiary/aromatic N) is 3. The van der Waals surface area contributed by atoms with Crippen molar-refractivity contribution in [1.29, 1.82) is 0 Å². The van der Waals surface area contributed by atoms with Gasteiger partial charge in [0, 0.05) is 32.9 Å². The molecule has 1 heterocycles. The number of carbonyl (C=O) groups excluding carboxylic acids is 2. The van der Waals surface area contributed by atoms with Gasteiger partial charge in [-0.25, -0.2) is 9.18 Å². The first kappa shape index (κ1) is 27.3. The van der Waals surface area contributed by atoms with Crippen LogP contribution in [0, 0.1) is 5.82 Å². The number of benzene rings is 2. The Balaban J connectivity index is 1.58. The van der Waals surface area contributed by atoms with Crippen molar-refractivity contribution >= 4 is 23.4 Å². The molecule has 36 heavy (non-hydrogen) atoms. The van der Waals surface area contributed by atoms with Crippen LogP contribution >= 0.6 is 0 Å². The summed E-state index contributed by atoms with van der Waals surface area (Å²) in [6.07, 6.45) is 0.327. The van der Waals surface area contributed by atoms with Gasteiger partial charge in [0.2, 0.25) is 0 Å². The molecule has 1 atom stereocenters.